The van der Waals surface area contributed by atoms with Crippen LogP contribution < -0.4 is 14.8 Å². The van der Waals surface area contributed by atoms with Crippen molar-refractivity contribution in [2.24, 2.45) is 0 Å². The van der Waals surface area contributed by atoms with Crippen molar-refractivity contribution in [3.8, 4) is 11.5 Å². The molecule has 0 amide bonds. The Balaban J connectivity index is 2.42. The van der Waals surface area contributed by atoms with Crippen LogP contribution in [0.3, 0.4) is 0 Å². The minimum atomic E-state index is 0.376. The van der Waals surface area contributed by atoms with Crippen molar-refractivity contribution in [3.05, 3.63) is 22.2 Å². The molecule has 0 aromatic heterocycles. The lowest BCUT2D eigenvalue weighted by atomic mass is 10.0. The molecule has 0 spiro atoms. The number of rotatable bonds is 3. The molecule has 1 unspecified atom stereocenters. The molecular formula is C12H16BrNO2. The molecule has 16 heavy (non-hydrogen) atoms. The van der Waals surface area contributed by atoms with E-state index in [1.807, 2.05) is 12.1 Å². The van der Waals surface area contributed by atoms with Crippen LogP contribution in [-0.4, -0.2) is 20.8 Å². The molecule has 1 aromatic rings. The molecule has 0 saturated carbocycles. The Morgan fingerprint density at radius 3 is 2.69 bits per heavy atom. The molecule has 0 aliphatic carbocycles. The van der Waals surface area contributed by atoms with E-state index in [1.54, 1.807) is 14.2 Å². The zero-order valence-electron chi connectivity index (χ0n) is 9.55. The Morgan fingerprint density at radius 1 is 1.31 bits per heavy atom. The monoisotopic (exact) mass is 285 g/mol. The Hall–Kier alpha value is -0.740. The third-order valence-corrected chi connectivity index (χ3v) is 3.51. The van der Waals surface area contributed by atoms with Gasteiger partial charge in [-0.05, 0) is 47.4 Å². The van der Waals surface area contributed by atoms with Crippen molar-refractivity contribution in [1.29, 1.82) is 0 Å². The predicted molar refractivity (Wildman–Crippen MR) is 67.2 cm³/mol. The number of nitrogens with one attached hydrogen (secondary N) is 1. The summed E-state index contributed by atoms with van der Waals surface area (Å²) in [5.74, 6) is 1.76. The highest BCUT2D eigenvalue weighted by molar-refractivity contribution is 9.10. The summed E-state index contributed by atoms with van der Waals surface area (Å²) < 4.78 is 11.7. The summed E-state index contributed by atoms with van der Waals surface area (Å²) in [4.78, 5) is 0. The summed E-state index contributed by atoms with van der Waals surface area (Å²) in [6, 6.07) is 4.35. The van der Waals surface area contributed by atoms with Gasteiger partial charge in [-0.25, -0.2) is 0 Å². The van der Waals surface area contributed by atoms with E-state index in [0.717, 1.165) is 28.9 Å². The van der Waals surface area contributed by atoms with Gasteiger partial charge < -0.3 is 14.8 Å². The summed E-state index contributed by atoms with van der Waals surface area (Å²) >= 11 is 3.51. The number of hydrogen-bond acceptors (Lipinski definition) is 3. The zero-order valence-corrected chi connectivity index (χ0v) is 11.1. The summed E-state index contributed by atoms with van der Waals surface area (Å²) in [6.45, 7) is 1.07. The van der Waals surface area contributed by atoms with Gasteiger partial charge in [0, 0.05) is 11.6 Å². The molecule has 1 atom stereocenters. The Morgan fingerprint density at radius 2 is 2.12 bits per heavy atom. The quantitative estimate of drug-likeness (QED) is 0.926. The molecule has 1 heterocycles. The van der Waals surface area contributed by atoms with E-state index in [1.165, 1.54) is 12.0 Å². The van der Waals surface area contributed by atoms with E-state index in [9.17, 15) is 0 Å². The predicted octanol–water partition coefficient (Wildman–Crippen LogP) is 2.89. The molecule has 1 fully saturated rings. The van der Waals surface area contributed by atoms with Crippen molar-refractivity contribution in [2.75, 3.05) is 20.8 Å². The maximum atomic E-state index is 5.45. The van der Waals surface area contributed by atoms with Gasteiger partial charge in [-0.15, -0.1) is 0 Å². The maximum absolute atomic E-state index is 5.45. The van der Waals surface area contributed by atoms with Gasteiger partial charge in [-0.2, -0.15) is 0 Å². The van der Waals surface area contributed by atoms with Gasteiger partial charge in [0.15, 0.2) is 0 Å². The van der Waals surface area contributed by atoms with Crippen LogP contribution in [-0.2, 0) is 0 Å². The van der Waals surface area contributed by atoms with Gasteiger partial charge in [0.05, 0.1) is 18.7 Å². The third kappa shape index (κ3) is 2.18. The molecule has 2 rings (SSSR count). The van der Waals surface area contributed by atoms with Crippen molar-refractivity contribution >= 4 is 15.9 Å². The van der Waals surface area contributed by atoms with Crippen LogP contribution in [0.2, 0.25) is 0 Å². The fourth-order valence-corrected chi connectivity index (χ4v) is 2.75. The fraction of sp³-hybridized carbons (Fsp3) is 0.500. The van der Waals surface area contributed by atoms with E-state index in [0.29, 0.717) is 6.04 Å². The summed E-state index contributed by atoms with van der Waals surface area (Å²) in [6.07, 6.45) is 2.36. The molecular weight excluding hydrogens is 270 g/mol. The fourth-order valence-electron chi connectivity index (χ4n) is 2.13. The normalized spacial score (nSPS) is 19.8. The van der Waals surface area contributed by atoms with Crippen molar-refractivity contribution < 1.29 is 9.47 Å². The number of halogens is 1. The third-order valence-electron chi connectivity index (χ3n) is 2.92. The van der Waals surface area contributed by atoms with E-state index in [-0.39, 0.29) is 0 Å². The van der Waals surface area contributed by atoms with E-state index in [4.69, 9.17) is 9.47 Å². The van der Waals surface area contributed by atoms with Gasteiger partial charge in [0.2, 0.25) is 0 Å². The van der Waals surface area contributed by atoms with Gasteiger partial charge in [-0.3, -0.25) is 0 Å². The van der Waals surface area contributed by atoms with Crippen LogP contribution in [0.1, 0.15) is 24.4 Å². The second-order valence-electron chi connectivity index (χ2n) is 3.88. The number of benzene rings is 1. The average molecular weight is 286 g/mol. The molecule has 1 N–H and O–H groups in total. The average Bonchev–Trinajstić information content (AvgIpc) is 2.81. The van der Waals surface area contributed by atoms with E-state index in [2.05, 4.69) is 21.2 Å². The summed E-state index contributed by atoms with van der Waals surface area (Å²) in [5, 5.41) is 3.47. The minimum Gasteiger partial charge on any atom is -0.497 e. The molecule has 1 aliphatic heterocycles. The Kier molecular flexibility index (Phi) is 3.71. The topological polar surface area (TPSA) is 30.5 Å². The lowest BCUT2D eigenvalue weighted by Gasteiger charge is -2.17. The van der Waals surface area contributed by atoms with Gasteiger partial charge in [-0.1, -0.05) is 0 Å². The molecule has 4 heteroatoms. The molecule has 1 saturated heterocycles. The highest BCUT2D eigenvalue weighted by atomic mass is 79.9. The molecule has 0 bridgehead atoms. The molecule has 1 aliphatic rings. The highest BCUT2D eigenvalue weighted by Crippen LogP contribution is 2.39. The smallest absolute Gasteiger partial charge is 0.138 e. The molecule has 88 valence electrons. The molecule has 3 nitrogen and oxygen atoms in total. The Bertz CT molecular complexity index is 376. The highest BCUT2D eigenvalue weighted by Gasteiger charge is 2.22. The van der Waals surface area contributed by atoms with Crippen LogP contribution in [0, 0.1) is 0 Å². The number of ether oxygens (including phenoxy) is 2. The van der Waals surface area contributed by atoms with E-state index < -0.39 is 0 Å². The zero-order chi connectivity index (χ0) is 11.5. The molecule has 0 radical (unpaired) electrons. The summed E-state index contributed by atoms with van der Waals surface area (Å²) in [5.41, 5.74) is 1.17. The summed E-state index contributed by atoms with van der Waals surface area (Å²) in [7, 11) is 3.38. The van der Waals surface area contributed by atoms with Crippen LogP contribution in [0.4, 0.5) is 0 Å². The van der Waals surface area contributed by atoms with E-state index >= 15 is 0 Å². The van der Waals surface area contributed by atoms with Gasteiger partial charge >= 0.3 is 0 Å². The first-order valence-electron chi connectivity index (χ1n) is 5.41. The first-order chi connectivity index (χ1) is 7.76. The lowest BCUT2D eigenvalue weighted by Crippen LogP contribution is -2.14. The lowest BCUT2D eigenvalue weighted by molar-refractivity contribution is 0.390. The first kappa shape index (κ1) is 11.7. The SMILES string of the molecule is COc1cc(Br)c(OC)c(C2CCCN2)c1. The minimum absolute atomic E-state index is 0.376. The van der Waals surface area contributed by atoms with Gasteiger partial charge in [0.1, 0.15) is 11.5 Å². The van der Waals surface area contributed by atoms with Crippen molar-refractivity contribution in [2.45, 2.75) is 18.9 Å². The number of hydrogen-bond donors (Lipinski definition) is 1. The van der Waals surface area contributed by atoms with Crippen LogP contribution in [0.15, 0.2) is 16.6 Å². The second-order valence-corrected chi connectivity index (χ2v) is 4.73. The first-order valence-corrected chi connectivity index (χ1v) is 6.20. The standard InChI is InChI=1S/C12H16BrNO2/c1-15-8-6-9(11-4-3-5-14-11)12(16-2)10(13)7-8/h6-7,11,14H,3-5H2,1-2H3. The van der Waals surface area contributed by atoms with Crippen LogP contribution in [0.25, 0.3) is 0 Å². The van der Waals surface area contributed by atoms with Crippen molar-refractivity contribution in [3.63, 3.8) is 0 Å². The van der Waals surface area contributed by atoms with Crippen LogP contribution in [0.5, 0.6) is 11.5 Å². The number of methoxy groups -OCH3 is 2. The largest absolute Gasteiger partial charge is 0.497 e. The maximum Gasteiger partial charge on any atom is 0.138 e. The van der Waals surface area contributed by atoms with Crippen molar-refractivity contribution in [1.82, 2.24) is 5.32 Å². The van der Waals surface area contributed by atoms with Crippen LogP contribution >= 0.6 is 15.9 Å². The van der Waals surface area contributed by atoms with Gasteiger partial charge in [0.25, 0.3) is 0 Å². The Labute approximate surface area is 104 Å². The second kappa shape index (κ2) is 5.06. The molecule has 1 aromatic carbocycles.